The SMILES string of the molecule is Cc1cnccc1CNCc1cccc([N+](=O)[O-])c1Br. The highest BCUT2D eigenvalue weighted by Gasteiger charge is 2.14. The molecule has 1 N–H and O–H groups in total. The summed E-state index contributed by atoms with van der Waals surface area (Å²) >= 11 is 3.29. The average Bonchev–Trinajstić information content (AvgIpc) is 2.42. The molecule has 0 bridgehead atoms. The first-order valence-electron chi connectivity index (χ1n) is 6.11. The zero-order chi connectivity index (χ0) is 14.5. The smallest absolute Gasteiger partial charge is 0.283 e. The standard InChI is InChI=1S/C14H14BrN3O2/c1-10-7-16-6-5-11(10)8-17-9-12-3-2-4-13(14(12)15)18(19)20/h2-7,17H,8-9H2,1H3. The van der Waals surface area contributed by atoms with E-state index in [0.717, 1.165) is 11.1 Å². The molecule has 0 spiro atoms. The van der Waals surface area contributed by atoms with E-state index in [-0.39, 0.29) is 10.6 Å². The van der Waals surface area contributed by atoms with Crippen molar-refractivity contribution in [3.05, 3.63) is 67.9 Å². The second kappa shape index (κ2) is 6.58. The molecular weight excluding hydrogens is 322 g/mol. The van der Waals surface area contributed by atoms with Crippen molar-refractivity contribution in [3.8, 4) is 0 Å². The molecule has 0 radical (unpaired) electrons. The molecule has 0 fully saturated rings. The van der Waals surface area contributed by atoms with E-state index in [1.54, 1.807) is 12.3 Å². The predicted molar refractivity (Wildman–Crippen MR) is 80.3 cm³/mol. The van der Waals surface area contributed by atoms with Crippen molar-refractivity contribution in [1.29, 1.82) is 0 Å². The molecule has 0 aliphatic rings. The van der Waals surface area contributed by atoms with E-state index in [2.05, 4.69) is 26.2 Å². The second-order valence-electron chi connectivity index (χ2n) is 4.41. The number of benzene rings is 1. The third kappa shape index (κ3) is 3.40. The van der Waals surface area contributed by atoms with Gasteiger partial charge in [-0.3, -0.25) is 15.1 Å². The molecular formula is C14H14BrN3O2. The highest BCUT2D eigenvalue weighted by molar-refractivity contribution is 9.10. The Hall–Kier alpha value is -1.79. The molecule has 104 valence electrons. The van der Waals surface area contributed by atoms with Gasteiger partial charge in [-0.15, -0.1) is 0 Å². The molecule has 5 nitrogen and oxygen atoms in total. The van der Waals surface area contributed by atoms with Gasteiger partial charge in [0.15, 0.2) is 0 Å². The molecule has 0 saturated carbocycles. The van der Waals surface area contributed by atoms with Crippen LogP contribution in [-0.4, -0.2) is 9.91 Å². The second-order valence-corrected chi connectivity index (χ2v) is 5.21. The van der Waals surface area contributed by atoms with Gasteiger partial charge in [0.25, 0.3) is 5.69 Å². The number of rotatable bonds is 5. The normalized spacial score (nSPS) is 10.5. The van der Waals surface area contributed by atoms with Crippen LogP contribution in [0.1, 0.15) is 16.7 Å². The lowest BCUT2D eigenvalue weighted by Gasteiger charge is -2.09. The minimum Gasteiger partial charge on any atom is -0.309 e. The summed E-state index contributed by atoms with van der Waals surface area (Å²) in [7, 11) is 0. The first kappa shape index (κ1) is 14.6. The highest BCUT2D eigenvalue weighted by atomic mass is 79.9. The van der Waals surface area contributed by atoms with E-state index in [0.29, 0.717) is 17.6 Å². The molecule has 0 aliphatic carbocycles. The Morgan fingerprint density at radius 1 is 1.30 bits per heavy atom. The van der Waals surface area contributed by atoms with Crippen molar-refractivity contribution in [1.82, 2.24) is 10.3 Å². The van der Waals surface area contributed by atoms with E-state index < -0.39 is 0 Å². The highest BCUT2D eigenvalue weighted by Crippen LogP contribution is 2.28. The van der Waals surface area contributed by atoms with E-state index in [1.807, 2.05) is 25.3 Å². The molecule has 6 heteroatoms. The summed E-state index contributed by atoms with van der Waals surface area (Å²) in [6.07, 6.45) is 3.58. The van der Waals surface area contributed by atoms with Crippen LogP contribution in [0.15, 0.2) is 41.1 Å². The lowest BCUT2D eigenvalue weighted by molar-refractivity contribution is -0.385. The lowest BCUT2D eigenvalue weighted by Crippen LogP contribution is -2.14. The number of nitrogens with one attached hydrogen (secondary N) is 1. The Kier molecular flexibility index (Phi) is 4.81. The number of nitro groups is 1. The van der Waals surface area contributed by atoms with Crippen LogP contribution in [0.5, 0.6) is 0 Å². The zero-order valence-corrected chi connectivity index (χ0v) is 12.6. The van der Waals surface area contributed by atoms with E-state index in [1.165, 1.54) is 11.6 Å². The number of aryl methyl sites for hydroxylation is 1. The van der Waals surface area contributed by atoms with E-state index in [4.69, 9.17) is 0 Å². The van der Waals surface area contributed by atoms with Gasteiger partial charge in [-0.1, -0.05) is 12.1 Å². The number of pyridine rings is 1. The van der Waals surface area contributed by atoms with Gasteiger partial charge in [0.1, 0.15) is 0 Å². The zero-order valence-electron chi connectivity index (χ0n) is 11.0. The number of nitro benzene ring substituents is 1. The summed E-state index contributed by atoms with van der Waals surface area (Å²) in [5.74, 6) is 0. The Morgan fingerprint density at radius 3 is 2.75 bits per heavy atom. The summed E-state index contributed by atoms with van der Waals surface area (Å²) in [6, 6.07) is 7.01. The molecule has 20 heavy (non-hydrogen) atoms. The van der Waals surface area contributed by atoms with Crippen molar-refractivity contribution < 1.29 is 4.92 Å². The van der Waals surface area contributed by atoms with Crippen LogP contribution in [0.2, 0.25) is 0 Å². The van der Waals surface area contributed by atoms with Gasteiger partial charge in [0.05, 0.1) is 9.40 Å². The van der Waals surface area contributed by atoms with Crippen LogP contribution in [0.3, 0.4) is 0 Å². The molecule has 1 aromatic heterocycles. The van der Waals surface area contributed by atoms with Crippen LogP contribution in [0.25, 0.3) is 0 Å². The summed E-state index contributed by atoms with van der Waals surface area (Å²) < 4.78 is 0.531. The molecule has 0 amide bonds. The summed E-state index contributed by atoms with van der Waals surface area (Å²) in [6.45, 7) is 3.26. The van der Waals surface area contributed by atoms with E-state index in [9.17, 15) is 10.1 Å². The number of nitrogens with zero attached hydrogens (tertiary/aromatic N) is 2. The largest absolute Gasteiger partial charge is 0.309 e. The quantitative estimate of drug-likeness (QED) is 0.672. The van der Waals surface area contributed by atoms with E-state index >= 15 is 0 Å². The molecule has 0 aliphatic heterocycles. The van der Waals surface area contributed by atoms with Gasteiger partial charge >= 0.3 is 0 Å². The maximum Gasteiger partial charge on any atom is 0.283 e. The van der Waals surface area contributed by atoms with Crippen LogP contribution in [0, 0.1) is 17.0 Å². The molecule has 0 saturated heterocycles. The fourth-order valence-electron chi connectivity index (χ4n) is 1.88. The third-order valence-corrected chi connectivity index (χ3v) is 3.94. The predicted octanol–water partition coefficient (Wildman–Crippen LogP) is 3.35. The number of aromatic nitrogens is 1. The van der Waals surface area contributed by atoms with Crippen LogP contribution >= 0.6 is 15.9 Å². The van der Waals surface area contributed by atoms with Crippen molar-refractivity contribution in [2.75, 3.05) is 0 Å². The first-order valence-corrected chi connectivity index (χ1v) is 6.91. The maximum atomic E-state index is 10.9. The lowest BCUT2D eigenvalue weighted by atomic mass is 10.1. The minimum absolute atomic E-state index is 0.0874. The van der Waals surface area contributed by atoms with Gasteiger partial charge < -0.3 is 5.32 Å². The Balaban J connectivity index is 2.03. The molecule has 1 heterocycles. The van der Waals surface area contributed by atoms with Crippen LogP contribution in [0.4, 0.5) is 5.69 Å². The molecule has 2 aromatic rings. The Bertz CT molecular complexity index is 632. The van der Waals surface area contributed by atoms with Crippen LogP contribution < -0.4 is 5.32 Å². The van der Waals surface area contributed by atoms with Crippen molar-refractivity contribution in [3.63, 3.8) is 0 Å². The van der Waals surface area contributed by atoms with Gasteiger partial charge in [-0.05, 0) is 45.6 Å². The fraction of sp³-hybridized carbons (Fsp3) is 0.214. The van der Waals surface area contributed by atoms with Gasteiger partial charge in [-0.25, -0.2) is 0 Å². The van der Waals surface area contributed by atoms with Crippen LogP contribution in [-0.2, 0) is 13.1 Å². The van der Waals surface area contributed by atoms with Gasteiger partial charge in [0.2, 0.25) is 0 Å². The number of halogens is 1. The third-order valence-electron chi connectivity index (χ3n) is 3.02. The summed E-state index contributed by atoms with van der Waals surface area (Å²) in [5, 5.41) is 14.1. The van der Waals surface area contributed by atoms with Crippen molar-refractivity contribution in [2.45, 2.75) is 20.0 Å². The summed E-state index contributed by atoms with van der Waals surface area (Å²) in [5.41, 5.74) is 3.25. The topological polar surface area (TPSA) is 68.1 Å². The Morgan fingerprint density at radius 2 is 2.05 bits per heavy atom. The number of hydrogen-bond donors (Lipinski definition) is 1. The molecule has 0 unspecified atom stereocenters. The molecule has 1 aromatic carbocycles. The van der Waals surface area contributed by atoms with Crippen molar-refractivity contribution in [2.24, 2.45) is 0 Å². The number of hydrogen-bond acceptors (Lipinski definition) is 4. The first-order chi connectivity index (χ1) is 9.59. The Labute approximate surface area is 125 Å². The fourth-order valence-corrected chi connectivity index (χ4v) is 2.43. The summed E-state index contributed by atoms with van der Waals surface area (Å²) in [4.78, 5) is 14.5. The monoisotopic (exact) mass is 335 g/mol. The molecule has 0 atom stereocenters. The van der Waals surface area contributed by atoms with Gasteiger partial charge in [-0.2, -0.15) is 0 Å². The molecule has 2 rings (SSSR count). The minimum atomic E-state index is -0.388. The maximum absolute atomic E-state index is 10.9. The average molecular weight is 336 g/mol. The van der Waals surface area contributed by atoms with Crippen molar-refractivity contribution >= 4 is 21.6 Å². The van der Waals surface area contributed by atoms with Gasteiger partial charge in [0, 0.05) is 31.5 Å².